The van der Waals surface area contributed by atoms with Crippen LogP contribution in [0.15, 0.2) is 101 Å². The highest BCUT2D eigenvalue weighted by Gasteiger charge is 2.14. The summed E-state index contributed by atoms with van der Waals surface area (Å²) >= 11 is 0. The van der Waals surface area contributed by atoms with Gasteiger partial charge in [0.2, 0.25) is 10.0 Å². The Morgan fingerprint density at radius 2 is 1.49 bits per heavy atom. The third kappa shape index (κ3) is 6.35. The number of nitrogens with zero attached hydrogens (tertiary/aromatic N) is 6. The zero-order valence-electron chi connectivity index (χ0n) is 23.2. The number of H-pyrrole nitrogens is 1. The second-order valence-corrected chi connectivity index (χ2v) is 9.80. The molecule has 0 atom stereocenters. The van der Waals surface area contributed by atoms with Crippen molar-refractivity contribution in [3.8, 4) is 11.4 Å². The van der Waals surface area contributed by atoms with E-state index in [-0.39, 0.29) is 5.91 Å². The summed E-state index contributed by atoms with van der Waals surface area (Å²) < 4.78 is 0. The Morgan fingerprint density at radius 1 is 0.805 bits per heavy atom. The lowest BCUT2D eigenvalue weighted by atomic mass is 10.1. The van der Waals surface area contributed by atoms with E-state index in [4.69, 9.17) is 0 Å². The molecular formula is C31H29N8O2+. The van der Waals surface area contributed by atoms with Gasteiger partial charge in [-0.25, -0.2) is 4.98 Å². The van der Waals surface area contributed by atoms with Crippen molar-refractivity contribution in [2.45, 2.75) is 0 Å². The van der Waals surface area contributed by atoms with Crippen molar-refractivity contribution in [2.24, 2.45) is 10.2 Å². The van der Waals surface area contributed by atoms with Crippen molar-refractivity contribution < 1.29 is 9.59 Å². The summed E-state index contributed by atoms with van der Waals surface area (Å²) in [6.45, 7) is 0. The minimum absolute atomic E-state index is 0.202. The third-order valence-corrected chi connectivity index (χ3v) is 6.43. The molecule has 0 fully saturated rings. The van der Waals surface area contributed by atoms with Crippen molar-refractivity contribution >= 4 is 45.6 Å². The van der Waals surface area contributed by atoms with E-state index in [9.17, 15) is 9.59 Å². The highest BCUT2D eigenvalue weighted by atomic mass is 16.2. The van der Waals surface area contributed by atoms with E-state index < -0.39 is 5.91 Å². The van der Waals surface area contributed by atoms with Gasteiger partial charge in [0.05, 0.1) is 11.0 Å². The first-order valence-electron chi connectivity index (χ1n) is 12.9. The summed E-state index contributed by atoms with van der Waals surface area (Å²) in [5, 5.41) is 10.7. The largest absolute Gasteiger partial charge is 0.378 e. The Labute approximate surface area is 237 Å². The van der Waals surface area contributed by atoms with Crippen LogP contribution in [0.3, 0.4) is 0 Å². The minimum Gasteiger partial charge on any atom is -0.378 e. The van der Waals surface area contributed by atoms with Crippen LogP contribution in [0, 0.1) is 0 Å². The van der Waals surface area contributed by atoms with Gasteiger partial charge in [-0.2, -0.15) is 0 Å². The van der Waals surface area contributed by atoms with E-state index in [0.29, 0.717) is 33.9 Å². The van der Waals surface area contributed by atoms with Gasteiger partial charge in [0.25, 0.3) is 5.91 Å². The van der Waals surface area contributed by atoms with Crippen molar-refractivity contribution in [3.63, 3.8) is 0 Å². The van der Waals surface area contributed by atoms with Gasteiger partial charge in [-0.15, -0.1) is 0 Å². The molecule has 0 spiro atoms. The number of amides is 2. The first kappa shape index (κ1) is 27.0. The predicted octanol–water partition coefficient (Wildman–Crippen LogP) is 6.06. The number of carbonyl (C=O) groups is 2. The number of nitrogens with one attached hydrogen (secondary N) is 2. The van der Waals surface area contributed by atoms with Gasteiger partial charge in [0.1, 0.15) is 5.82 Å². The Kier molecular flexibility index (Phi) is 7.67. The van der Waals surface area contributed by atoms with Crippen LogP contribution in [-0.4, -0.2) is 50.0 Å². The molecule has 41 heavy (non-hydrogen) atoms. The molecular weight excluding hydrogens is 516 g/mol. The van der Waals surface area contributed by atoms with E-state index in [1.165, 1.54) is 0 Å². The highest BCUT2D eigenvalue weighted by molar-refractivity contribution is 6.05. The maximum atomic E-state index is 12.7. The monoisotopic (exact) mass is 545 g/mol. The molecule has 2 amide bonds. The van der Waals surface area contributed by atoms with Gasteiger partial charge in [0, 0.05) is 61.9 Å². The fraction of sp³-hybridized carbons (Fsp3) is 0.129. The Balaban J connectivity index is 1.30. The summed E-state index contributed by atoms with van der Waals surface area (Å²) in [6, 6.07) is 27.3. The average molecular weight is 546 g/mol. The molecule has 5 rings (SSSR count). The lowest BCUT2D eigenvalue weighted by Gasteiger charge is -2.12. The van der Waals surface area contributed by atoms with Crippen LogP contribution < -0.4 is 20.0 Å². The molecule has 1 heterocycles. The molecule has 2 N–H and O–H groups in total. The molecule has 204 valence electrons. The minimum atomic E-state index is -0.514. The zero-order chi connectivity index (χ0) is 28.9. The number of fused-ring (bicyclic) bond motifs is 1. The molecule has 0 aliphatic rings. The fourth-order valence-corrected chi connectivity index (χ4v) is 4.13. The normalized spacial score (nSPS) is 10.5. The zero-order valence-corrected chi connectivity index (χ0v) is 23.2. The van der Waals surface area contributed by atoms with Gasteiger partial charge in [-0.05, 0) is 78.9 Å². The molecule has 4 aromatic carbocycles. The standard InChI is InChI=1S/C31H28N8O2/c1-38(2)25-13-8-20(9-14-25)30(40)32-24-12-17-27-28(19-24)34-29(33-27)21-6-5-7-22(18-21)31(41)36-37-35-23-10-15-26(16-11-23)39(3)4/h5-19H,1-4H3,(H,35,36,41)/p+1. The summed E-state index contributed by atoms with van der Waals surface area (Å²) in [5.41, 5.74) is 6.40. The lowest BCUT2D eigenvalue weighted by Crippen LogP contribution is -2.13. The highest BCUT2D eigenvalue weighted by Crippen LogP contribution is 2.24. The van der Waals surface area contributed by atoms with Gasteiger partial charge in [-0.3, -0.25) is 9.59 Å². The number of benzene rings is 4. The van der Waals surface area contributed by atoms with Crippen molar-refractivity contribution in [1.82, 2.24) is 14.9 Å². The van der Waals surface area contributed by atoms with Crippen LogP contribution in [0.25, 0.3) is 22.4 Å². The summed E-state index contributed by atoms with van der Waals surface area (Å²) in [6.07, 6.45) is 0. The molecule has 1 aromatic heterocycles. The molecule has 10 nitrogen and oxygen atoms in total. The van der Waals surface area contributed by atoms with Gasteiger partial charge in [-0.1, -0.05) is 12.1 Å². The van der Waals surface area contributed by atoms with Crippen LogP contribution in [0.1, 0.15) is 20.7 Å². The predicted molar refractivity (Wildman–Crippen MR) is 162 cm³/mol. The fourth-order valence-electron chi connectivity index (χ4n) is 4.13. The number of hydrogen-bond donors (Lipinski definition) is 2. The van der Waals surface area contributed by atoms with Crippen LogP contribution in [0.2, 0.25) is 0 Å². The SMILES string of the molecule is CN(C)c1ccc(N=[N+]=NC(=O)c2cccc(-c3nc4ccc(NC(=O)c5ccc(N(C)C)cc5)cc4[nH]3)c2)cc1. The quantitative estimate of drug-likeness (QED) is 0.190. The summed E-state index contributed by atoms with van der Waals surface area (Å²) in [5.74, 6) is -0.132. The number of aromatic nitrogens is 2. The van der Waals surface area contributed by atoms with Gasteiger partial charge < -0.3 is 20.1 Å². The Bertz CT molecular complexity index is 1780. The number of carbonyl (C=O) groups excluding carboxylic acids is 2. The molecule has 0 bridgehead atoms. The molecule has 0 unspecified atom stereocenters. The van der Waals surface area contributed by atoms with E-state index in [1.54, 1.807) is 48.5 Å². The van der Waals surface area contributed by atoms with Crippen LogP contribution in [-0.2, 0) is 0 Å². The molecule has 0 aliphatic heterocycles. The van der Waals surface area contributed by atoms with Crippen molar-refractivity contribution in [1.29, 1.82) is 0 Å². The number of rotatable bonds is 7. The number of anilines is 3. The van der Waals surface area contributed by atoms with E-state index >= 15 is 0 Å². The lowest BCUT2D eigenvalue weighted by molar-refractivity contribution is 0.0990. The van der Waals surface area contributed by atoms with Gasteiger partial charge >= 0.3 is 5.91 Å². The van der Waals surface area contributed by atoms with Crippen molar-refractivity contribution in [2.75, 3.05) is 43.3 Å². The van der Waals surface area contributed by atoms with E-state index in [0.717, 1.165) is 22.4 Å². The number of imidazole rings is 1. The first-order chi connectivity index (χ1) is 19.8. The molecule has 0 aliphatic carbocycles. The Morgan fingerprint density at radius 3 is 2.17 bits per heavy atom. The second-order valence-electron chi connectivity index (χ2n) is 9.80. The summed E-state index contributed by atoms with van der Waals surface area (Å²) in [7, 11) is 7.81. The third-order valence-electron chi connectivity index (χ3n) is 6.43. The molecule has 10 heteroatoms. The second kappa shape index (κ2) is 11.6. The maximum Gasteiger partial charge on any atom is 0.360 e. The molecule has 0 radical (unpaired) electrons. The Hall–Kier alpha value is -5.60. The van der Waals surface area contributed by atoms with E-state index in [2.05, 4.69) is 30.4 Å². The maximum absolute atomic E-state index is 12.7. The molecule has 0 saturated heterocycles. The number of aromatic amines is 1. The molecule has 0 saturated carbocycles. The summed E-state index contributed by atoms with van der Waals surface area (Å²) in [4.78, 5) is 41.0. The van der Waals surface area contributed by atoms with Crippen molar-refractivity contribution in [3.05, 3.63) is 102 Å². The number of hydrogen-bond acceptors (Lipinski definition) is 6. The van der Waals surface area contributed by atoms with Crippen LogP contribution >= 0.6 is 0 Å². The average Bonchev–Trinajstić information content (AvgIpc) is 3.41. The molecule has 5 aromatic rings. The topological polar surface area (TPSA) is 120 Å². The van der Waals surface area contributed by atoms with Gasteiger partial charge in [0.15, 0.2) is 10.8 Å². The first-order valence-corrected chi connectivity index (χ1v) is 12.9. The van der Waals surface area contributed by atoms with Crippen LogP contribution in [0.5, 0.6) is 0 Å². The van der Waals surface area contributed by atoms with E-state index in [1.807, 2.05) is 80.5 Å². The van der Waals surface area contributed by atoms with Crippen LogP contribution in [0.4, 0.5) is 22.7 Å². The smallest absolute Gasteiger partial charge is 0.360 e.